The molecule has 2 rings (SSSR count). The van der Waals surface area contributed by atoms with Crippen molar-refractivity contribution in [2.24, 2.45) is 0 Å². The Labute approximate surface area is 160 Å². The Balaban J connectivity index is 1.83. The van der Waals surface area contributed by atoms with Crippen LogP contribution < -0.4 is 10.6 Å². The predicted molar refractivity (Wildman–Crippen MR) is 98.4 cm³/mol. The number of aryl methyl sites for hydroxylation is 1. The summed E-state index contributed by atoms with van der Waals surface area (Å²) < 4.78 is 37.5. The van der Waals surface area contributed by atoms with Crippen molar-refractivity contribution >= 4 is 44.8 Å². The van der Waals surface area contributed by atoms with E-state index in [0.717, 1.165) is 10.2 Å². The van der Waals surface area contributed by atoms with Crippen LogP contribution >= 0.6 is 27.3 Å². The number of alkyl halides is 3. The van der Waals surface area contributed by atoms with Crippen molar-refractivity contribution in [2.75, 3.05) is 11.9 Å². The van der Waals surface area contributed by atoms with Crippen LogP contribution in [0, 0.1) is 0 Å². The number of carbonyl (C=O) groups is 2. The molecule has 0 unspecified atom stereocenters. The fourth-order valence-electron chi connectivity index (χ4n) is 2.15. The highest BCUT2D eigenvalue weighted by Gasteiger charge is 2.27. The summed E-state index contributed by atoms with van der Waals surface area (Å²) in [6.45, 7) is -1.40. The number of benzene rings is 1. The first-order valence-electron chi connectivity index (χ1n) is 7.72. The molecule has 1 aromatic carbocycles. The fraction of sp³-hybridized carbons (Fsp3) is 0.294. The monoisotopic (exact) mass is 448 g/mol. The Morgan fingerprint density at radius 1 is 1.15 bits per heavy atom. The highest BCUT2D eigenvalue weighted by atomic mass is 79.9. The van der Waals surface area contributed by atoms with E-state index in [1.807, 2.05) is 12.1 Å². The van der Waals surface area contributed by atoms with Crippen LogP contribution in [-0.2, 0) is 11.2 Å². The van der Waals surface area contributed by atoms with E-state index in [-0.39, 0.29) is 11.5 Å². The van der Waals surface area contributed by atoms with E-state index in [1.165, 1.54) is 23.1 Å². The number of anilines is 1. The summed E-state index contributed by atoms with van der Waals surface area (Å²) in [5.41, 5.74) is 0.420. The highest BCUT2D eigenvalue weighted by molar-refractivity contribution is 9.11. The molecule has 0 aliphatic carbocycles. The summed E-state index contributed by atoms with van der Waals surface area (Å²) in [5.74, 6) is -1.06. The number of nitrogens with one attached hydrogen (secondary N) is 2. The van der Waals surface area contributed by atoms with Crippen molar-refractivity contribution in [3.63, 3.8) is 0 Å². The second-order valence-electron chi connectivity index (χ2n) is 5.49. The van der Waals surface area contributed by atoms with Crippen molar-refractivity contribution in [3.8, 4) is 0 Å². The van der Waals surface area contributed by atoms with Crippen LogP contribution in [0.4, 0.5) is 18.9 Å². The summed E-state index contributed by atoms with van der Waals surface area (Å²) >= 11 is 5.00. The van der Waals surface area contributed by atoms with Gasteiger partial charge in [0, 0.05) is 22.5 Å². The Morgan fingerprint density at radius 2 is 1.92 bits per heavy atom. The molecule has 0 saturated carbocycles. The van der Waals surface area contributed by atoms with Gasteiger partial charge in [-0.05, 0) is 59.1 Å². The molecule has 0 fully saturated rings. The van der Waals surface area contributed by atoms with Gasteiger partial charge in [0.25, 0.3) is 5.91 Å². The normalized spacial score (nSPS) is 11.2. The number of thiophene rings is 1. The maximum Gasteiger partial charge on any atom is 0.405 e. The highest BCUT2D eigenvalue weighted by Crippen LogP contribution is 2.23. The first-order chi connectivity index (χ1) is 12.2. The predicted octanol–water partition coefficient (Wildman–Crippen LogP) is 4.76. The van der Waals surface area contributed by atoms with Gasteiger partial charge in [0.1, 0.15) is 6.54 Å². The molecule has 140 valence electrons. The molecule has 1 aromatic heterocycles. The van der Waals surface area contributed by atoms with Gasteiger partial charge in [-0.25, -0.2) is 0 Å². The van der Waals surface area contributed by atoms with Gasteiger partial charge in [-0.2, -0.15) is 13.2 Å². The third kappa shape index (κ3) is 7.17. The Kier molecular flexibility index (Phi) is 7.22. The van der Waals surface area contributed by atoms with Crippen molar-refractivity contribution < 1.29 is 22.8 Å². The number of carbonyl (C=O) groups excluding carboxylic acids is 2. The largest absolute Gasteiger partial charge is 0.405 e. The van der Waals surface area contributed by atoms with Gasteiger partial charge in [-0.15, -0.1) is 11.3 Å². The minimum absolute atomic E-state index is 0.0514. The van der Waals surface area contributed by atoms with Crippen molar-refractivity contribution in [2.45, 2.75) is 25.4 Å². The topological polar surface area (TPSA) is 58.2 Å². The summed E-state index contributed by atoms with van der Waals surface area (Å²) in [6, 6.07) is 9.76. The summed E-state index contributed by atoms with van der Waals surface area (Å²) in [4.78, 5) is 24.9. The van der Waals surface area contributed by atoms with E-state index in [9.17, 15) is 22.8 Å². The minimum atomic E-state index is -4.47. The van der Waals surface area contributed by atoms with E-state index in [4.69, 9.17) is 0 Å². The zero-order chi connectivity index (χ0) is 19.2. The summed E-state index contributed by atoms with van der Waals surface area (Å²) in [5, 5.41) is 4.45. The molecular formula is C17H16BrF3N2O2S. The number of hydrogen-bond donors (Lipinski definition) is 2. The van der Waals surface area contributed by atoms with E-state index in [1.54, 1.807) is 22.7 Å². The lowest BCUT2D eigenvalue weighted by molar-refractivity contribution is -0.123. The van der Waals surface area contributed by atoms with Gasteiger partial charge in [-0.3, -0.25) is 9.59 Å². The van der Waals surface area contributed by atoms with Crippen molar-refractivity contribution in [1.82, 2.24) is 5.32 Å². The zero-order valence-electron chi connectivity index (χ0n) is 13.5. The van der Waals surface area contributed by atoms with Gasteiger partial charge in [0.15, 0.2) is 0 Å². The molecule has 0 spiro atoms. The molecule has 0 saturated heterocycles. The van der Waals surface area contributed by atoms with E-state index < -0.39 is 18.6 Å². The standard InChI is InChI=1S/C17H16BrF3N2O2S/c18-14-8-7-13(26-14)5-2-6-15(24)23-12-4-1-3-11(9-12)16(25)22-10-17(19,20)21/h1,3-4,7-9H,2,5-6,10H2,(H,22,25)(H,23,24). The first-order valence-corrected chi connectivity index (χ1v) is 9.33. The van der Waals surface area contributed by atoms with Gasteiger partial charge in [-0.1, -0.05) is 6.07 Å². The second-order valence-corrected chi connectivity index (χ2v) is 8.03. The molecule has 0 radical (unpaired) electrons. The van der Waals surface area contributed by atoms with Crippen LogP contribution in [0.15, 0.2) is 40.2 Å². The number of amides is 2. The Hall–Kier alpha value is -1.87. The smallest absolute Gasteiger partial charge is 0.343 e. The Bertz CT molecular complexity index is 777. The number of halogens is 4. The lowest BCUT2D eigenvalue weighted by atomic mass is 10.1. The molecule has 0 atom stereocenters. The second kappa shape index (κ2) is 9.18. The molecule has 0 aliphatic heterocycles. The molecule has 2 amide bonds. The van der Waals surface area contributed by atoms with Crippen LogP contribution in [0.1, 0.15) is 28.1 Å². The number of hydrogen-bond acceptors (Lipinski definition) is 3. The van der Waals surface area contributed by atoms with Gasteiger partial charge in [0.2, 0.25) is 5.91 Å². The van der Waals surface area contributed by atoms with Gasteiger partial charge >= 0.3 is 6.18 Å². The molecule has 2 N–H and O–H groups in total. The quantitative estimate of drug-likeness (QED) is 0.640. The Morgan fingerprint density at radius 3 is 2.58 bits per heavy atom. The molecule has 2 aromatic rings. The molecule has 4 nitrogen and oxygen atoms in total. The third-order valence-electron chi connectivity index (χ3n) is 3.31. The lowest BCUT2D eigenvalue weighted by Gasteiger charge is -2.10. The summed E-state index contributed by atoms with van der Waals surface area (Å²) in [7, 11) is 0. The van der Waals surface area contributed by atoms with E-state index in [0.29, 0.717) is 18.5 Å². The van der Waals surface area contributed by atoms with Gasteiger partial charge in [0.05, 0.1) is 3.79 Å². The van der Waals surface area contributed by atoms with Crippen LogP contribution in [0.3, 0.4) is 0 Å². The number of rotatable bonds is 7. The summed E-state index contributed by atoms with van der Waals surface area (Å²) in [6.07, 6.45) is -2.71. The van der Waals surface area contributed by atoms with Crippen LogP contribution in [0.5, 0.6) is 0 Å². The molecule has 26 heavy (non-hydrogen) atoms. The fourth-order valence-corrected chi connectivity index (χ4v) is 3.68. The van der Waals surface area contributed by atoms with Crippen molar-refractivity contribution in [3.05, 3.63) is 50.6 Å². The SMILES string of the molecule is O=C(CCCc1ccc(Br)s1)Nc1cccc(C(=O)NCC(F)(F)F)c1. The maximum atomic E-state index is 12.2. The molecule has 1 heterocycles. The molecule has 0 bridgehead atoms. The minimum Gasteiger partial charge on any atom is -0.343 e. The average Bonchev–Trinajstić information content (AvgIpc) is 2.97. The lowest BCUT2D eigenvalue weighted by Crippen LogP contribution is -2.33. The van der Waals surface area contributed by atoms with E-state index >= 15 is 0 Å². The van der Waals surface area contributed by atoms with Crippen LogP contribution in [-0.4, -0.2) is 24.5 Å². The third-order valence-corrected chi connectivity index (χ3v) is 5.00. The molecule has 0 aliphatic rings. The van der Waals surface area contributed by atoms with E-state index in [2.05, 4.69) is 21.2 Å². The average molecular weight is 449 g/mol. The zero-order valence-corrected chi connectivity index (χ0v) is 15.9. The first kappa shape index (κ1) is 20.4. The molecular weight excluding hydrogens is 433 g/mol. The van der Waals surface area contributed by atoms with Crippen LogP contribution in [0.25, 0.3) is 0 Å². The van der Waals surface area contributed by atoms with Gasteiger partial charge < -0.3 is 10.6 Å². The maximum absolute atomic E-state index is 12.2. The van der Waals surface area contributed by atoms with Crippen LogP contribution in [0.2, 0.25) is 0 Å². The van der Waals surface area contributed by atoms with Crippen molar-refractivity contribution in [1.29, 1.82) is 0 Å². The molecule has 9 heteroatoms.